The molecule has 1 aromatic rings. The number of aliphatic hydroxyl groups excluding tert-OH is 2. The second kappa shape index (κ2) is 7.49. The van der Waals surface area contributed by atoms with E-state index in [1.54, 1.807) is 18.2 Å². The number of nitrogens with zero attached hydrogens (tertiary/aromatic N) is 1. The molecular formula is C17H24N4O4. The minimum atomic E-state index is -1.15. The van der Waals surface area contributed by atoms with E-state index in [-0.39, 0.29) is 0 Å². The Kier molecular flexibility index (Phi) is 5.33. The number of hydrogen-bond donors (Lipinski definition) is 5. The first-order valence-corrected chi connectivity index (χ1v) is 8.61. The van der Waals surface area contributed by atoms with Crippen LogP contribution in [0, 0.1) is 0 Å². The second-order valence-corrected chi connectivity index (χ2v) is 6.40. The van der Waals surface area contributed by atoms with E-state index in [0.717, 1.165) is 17.7 Å². The first kappa shape index (κ1) is 17.8. The number of nitrogens with two attached hydrogens (primary N) is 1. The van der Waals surface area contributed by atoms with Gasteiger partial charge in [-0.2, -0.15) is 0 Å². The Morgan fingerprint density at radius 3 is 2.72 bits per heavy atom. The fourth-order valence-electron chi connectivity index (χ4n) is 3.39. The normalized spacial score (nSPS) is 26.0. The molecule has 2 heterocycles. The molecule has 3 unspecified atom stereocenters. The number of imide groups is 1. The van der Waals surface area contributed by atoms with E-state index in [1.807, 2.05) is 0 Å². The monoisotopic (exact) mass is 348 g/mol. The van der Waals surface area contributed by atoms with E-state index in [4.69, 9.17) is 5.73 Å². The summed E-state index contributed by atoms with van der Waals surface area (Å²) in [7, 11) is 0. The Labute approximate surface area is 146 Å². The van der Waals surface area contributed by atoms with Crippen LogP contribution in [0.15, 0.2) is 18.2 Å². The highest BCUT2D eigenvalue weighted by molar-refractivity contribution is 6.24. The summed E-state index contributed by atoms with van der Waals surface area (Å²) in [6.07, 6.45) is 0.478. The van der Waals surface area contributed by atoms with Gasteiger partial charge in [0, 0.05) is 12.2 Å². The van der Waals surface area contributed by atoms with E-state index < -0.39 is 30.3 Å². The maximum absolute atomic E-state index is 12.9. The quantitative estimate of drug-likeness (QED) is 0.356. The summed E-state index contributed by atoms with van der Waals surface area (Å²) in [6.45, 7) is 1.27. The minimum Gasteiger partial charge on any atom is -0.384 e. The number of carbonyl (C=O) groups is 2. The number of benzene rings is 1. The van der Waals surface area contributed by atoms with Gasteiger partial charge in [0.15, 0.2) is 0 Å². The van der Waals surface area contributed by atoms with Gasteiger partial charge in [-0.15, -0.1) is 0 Å². The van der Waals surface area contributed by atoms with Gasteiger partial charge in [-0.25, -0.2) is 0 Å². The minimum absolute atomic E-state index is 0.340. The van der Waals surface area contributed by atoms with Crippen LogP contribution in [0.2, 0.25) is 0 Å². The Bertz CT molecular complexity index is 666. The van der Waals surface area contributed by atoms with Crippen molar-refractivity contribution in [2.24, 2.45) is 5.73 Å². The summed E-state index contributed by atoms with van der Waals surface area (Å²) in [5, 5.41) is 25.5. The Morgan fingerprint density at radius 2 is 2.00 bits per heavy atom. The molecule has 0 saturated carbocycles. The number of amides is 2. The molecule has 2 aliphatic rings. The predicted octanol–water partition coefficient (Wildman–Crippen LogP) is -0.178. The molecule has 8 heteroatoms. The van der Waals surface area contributed by atoms with E-state index in [2.05, 4.69) is 10.6 Å². The van der Waals surface area contributed by atoms with E-state index >= 15 is 0 Å². The summed E-state index contributed by atoms with van der Waals surface area (Å²) in [4.78, 5) is 26.7. The van der Waals surface area contributed by atoms with Gasteiger partial charge in [-0.1, -0.05) is 6.07 Å². The van der Waals surface area contributed by atoms with Crippen molar-refractivity contribution in [2.75, 3.05) is 18.4 Å². The largest absolute Gasteiger partial charge is 0.384 e. The van der Waals surface area contributed by atoms with Crippen molar-refractivity contribution in [3.63, 3.8) is 0 Å². The SMILES string of the molecule is NCCCCNc1cccc2c1C(=O)N(C1CCC(O)NC1O)C2=O. The third kappa shape index (κ3) is 3.38. The maximum Gasteiger partial charge on any atom is 0.264 e. The van der Waals surface area contributed by atoms with Crippen LogP contribution in [0.3, 0.4) is 0 Å². The molecule has 1 aromatic carbocycles. The van der Waals surface area contributed by atoms with Crippen LogP contribution in [0.5, 0.6) is 0 Å². The Balaban J connectivity index is 1.81. The highest BCUT2D eigenvalue weighted by Gasteiger charge is 2.45. The fourth-order valence-corrected chi connectivity index (χ4v) is 3.39. The molecule has 8 nitrogen and oxygen atoms in total. The molecule has 3 rings (SSSR count). The third-order valence-corrected chi connectivity index (χ3v) is 4.69. The van der Waals surface area contributed by atoms with E-state index in [1.165, 1.54) is 0 Å². The summed E-state index contributed by atoms with van der Waals surface area (Å²) >= 11 is 0. The number of nitrogens with one attached hydrogen (secondary N) is 2. The maximum atomic E-state index is 12.9. The number of carbonyl (C=O) groups excluding carboxylic acids is 2. The lowest BCUT2D eigenvalue weighted by Gasteiger charge is -2.36. The summed E-state index contributed by atoms with van der Waals surface area (Å²) in [5.41, 5.74) is 6.79. The molecule has 0 radical (unpaired) electrons. The van der Waals surface area contributed by atoms with Crippen LogP contribution in [-0.4, -0.2) is 58.5 Å². The molecule has 6 N–H and O–H groups in total. The Morgan fingerprint density at radius 1 is 1.20 bits per heavy atom. The molecule has 0 spiro atoms. The average Bonchev–Trinajstić information content (AvgIpc) is 2.84. The summed E-state index contributed by atoms with van der Waals surface area (Å²) in [6, 6.07) is 4.44. The summed E-state index contributed by atoms with van der Waals surface area (Å²) < 4.78 is 0. The number of piperidine rings is 1. The molecule has 3 atom stereocenters. The molecule has 136 valence electrons. The number of fused-ring (bicyclic) bond motifs is 1. The van der Waals surface area contributed by atoms with Crippen LogP contribution in [0.1, 0.15) is 46.4 Å². The highest BCUT2D eigenvalue weighted by Crippen LogP contribution is 2.33. The molecule has 0 aromatic heterocycles. The molecule has 1 fully saturated rings. The van der Waals surface area contributed by atoms with Crippen molar-refractivity contribution in [3.8, 4) is 0 Å². The second-order valence-electron chi connectivity index (χ2n) is 6.40. The average molecular weight is 348 g/mol. The first-order valence-electron chi connectivity index (χ1n) is 8.61. The number of aliphatic hydroxyl groups is 2. The lowest BCUT2D eigenvalue weighted by atomic mass is 10.0. The van der Waals surface area contributed by atoms with Gasteiger partial charge in [0.05, 0.1) is 17.2 Å². The van der Waals surface area contributed by atoms with Crippen molar-refractivity contribution in [1.29, 1.82) is 0 Å². The van der Waals surface area contributed by atoms with Crippen LogP contribution in [0.4, 0.5) is 5.69 Å². The van der Waals surface area contributed by atoms with Crippen molar-refractivity contribution in [1.82, 2.24) is 10.2 Å². The molecule has 1 saturated heterocycles. The van der Waals surface area contributed by atoms with E-state index in [9.17, 15) is 19.8 Å². The highest BCUT2D eigenvalue weighted by atomic mass is 16.3. The lowest BCUT2D eigenvalue weighted by molar-refractivity contribution is -0.0413. The number of rotatable bonds is 6. The molecule has 2 amide bonds. The Hall–Kier alpha value is -2.00. The van der Waals surface area contributed by atoms with Gasteiger partial charge in [0.25, 0.3) is 11.8 Å². The van der Waals surface area contributed by atoms with Crippen molar-refractivity contribution < 1.29 is 19.8 Å². The van der Waals surface area contributed by atoms with Crippen LogP contribution < -0.4 is 16.4 Å². The van der Waals surface area contributed by atoms with Crippen molar-refractivity contribution >= 4 is 17.5 Å². The van der Waals surface area contributed by atoms with Gasteiger partial charge in [0.2, 0.25) is 0 Å². The number of unbranched alkanes of at least 4 members (excludes halogenated alkanes) is 1. The fraction of sp³-hybridized carbons (Fsp3) is 0.529. The van der Waals surface area contributed by atoms with Gasteiger partial charge in [-0.05, 0) is 44.4 Å². The predicted molar refractivity (Wildman–Crippen MR) is 91.9 cm³/mol. The molecule has 2 aliphatic heterocycles. The summed E-state index contributed by atoms with van der Waals surface area (Å²) in [5.74, 6) is -0.822. The number of hydrogen-bond acceptors (Lipinski definition) is 7. The first-order chi connectivity index (χ1) is 12.0. The van der Waals surface area contributed by atoms with Gasteiger partial charge in [0.1, 0.15) is 12.5 Å². The standard InChI is InChI=1S/C17H24N4O4/c18-8-1-2-9-19-11-5-3-4-10-14(11)17(25)21(16(10)24)12-6-7-13(22)20-15(12)23/h3-5,12-13,15,19-20,22-23H,1-2,6-9,18H2. The van der Waals surface area contributed by atoms with Crippen molar-refractivity contribution in [3.05, 3.63) is 29.3 Å². The zero-order valence-electron chi connectivity index (χ0n) is 13.9. The molecular weight excluding hydrogens is 324 g/mol. The van der Waals surface area contributed by atoms with E-state index in [0.29, 0.717) is 42.7 Å². The smallest absolute Gasteiger partial charge is 0.264 e. The zero-order valence-corrected chi connectivity index (χ0v) is 13.9. The van der Waals surface area contributed by atoms with Crippen LogP contribution in [0.25, 0.3) is 0 Å². The molecule has 0 aliphatic carbocycles. The van der Waals surface area contributed by atoms with Gasteiger partial charge in [-0.3, -0.25) is 19.8 Å². The van der Waals surface area contributed by atoms with Crippen molar-refractivity contribution in [2.45, 2.75) is 44.2 Å². The third-order valence-electron chi connectivity index (χ3n) is 4.69. The van der Waals surface area contributed by atoms with Gasteiger partial charge < -0.3 is 21.3 Å². The van der Waals surface area contributed by atoms with Gasteiger partial charge >= 0.3 is 0 Å². The number of anilines is 1. The molecule has 25 heavy (non-hydrogen) atoms. The van der Waals surface area contributed by atoms with Crippen LogP contribution >= 0.6 is 0 Å². The molecule has 0 bridgehead atoms. The lowest BCUT2D eigenvalue weighted by Crippen LogP contribution is -2.58. The topological polar surface area (TPSA) is 128 Å². The zero-order chi connectivity index (χ0) is 18.0. The van der Waals surface area contributed by atoms with Crippen LogP contribution in [-0.2, 0) is 0 Å².